The predicted molar refractivity (Wildman–Crippen MR) is 68.4 cm³/mol. The number of ether oxygens (including phenoxy) is 1. The maximum absolute atomic E-state index is 11.7. The van der Waals surface area contributed by atoms with Crippen molar-refractivity contribution in [2.45, 2.75) is 50.2 Å². The lowest BCUT2D eigenvalue weighted by Crippen LogP contribution is -2.50. The molecule has 3 N–H and O–H groups in total. The summed E-state index contributed by atoms with van der Waals surface area (Å²) >= 11 is 0. The Hall–Kier alpha value is -1.14. The molecule has 0 bridgehead atoms. The van der Waals surface area contributed by atoms with Crippen molar-refractivity contribution in [3.63, 3.8) is 0 Å². The number of carbonyl (C=O) groups is 2. The summed E-state index contributed by atoms with van der Waals surface area (Å²) in [7, 11) is 0. The second-order valence-electron chi connectivity index (χ2n) is 5.47. The lowest BCUT2D eigenvalue weighted by atomic mass is 9.94. The zero-order chi connectivity index (χ0) is 13.7. The van der Waals surface area contributed by atoms with Crippen LogP contribution in [0.25, 0.3) is 0 Å². The third kappa shape index (κ3) is 4.18. The number of aliphatic hydroxyl groups is 1. The second-order valence-corrected chi connectivity index (χ2v) is 5.47. The van der Waals surface area contributed by atoms with E-state index in [4.69, 9.17) is 4.74 Å². The molecule has 0 unspecified atom stereocenters. The fraction of sp³-hybridized carbons (Fsp3) is 0.846. The third-order valence-electron chi connectivity index (χ3n) is 3.90. The van der Waals surface area contributed by atoms with Crippen LogP contribution in [0.1, 0.15) is 38.5 Å². The lowest BCUT2D eigenvalue weighted by Gasteiger charge is -2.31. The van der Waals surface area contributed by atoms with Crippen LogP contribution >= 0.6 is 0 Å². The first-order chi connectivity index (χ1) is 9.09. The summed E-state index contributed by atoms with van der Waals surface area (Å²) in [4.78, 5) is 23.3. The highest BCUT2D eigenvalue weighted by Gasteiger charge is 2.31. The molecule has 1 saturated heterocycles. The minimum Gasteiger partial charge on any atom is -0.388 e. The molecule has 0 radical (unpaired) electrons. The molecule has 0 atom stereocenters. The van der Waals surface area contributed by atoms with Crippen molar-refractivity contribution < 1.29 is 19.4 Å². The van der Waals surface area contributed by atoms with Gasteiger partial charge in [-0.25, -0.2) is 0 Å². The average molecular weight is 270 g/mol. The monoisotopic (exact) mass is 270 g/mol. The minimum absolute atomic E-state index is 0.104. The average Bonchev–Trinajstić information content (AvgIpc) is 2.90. The number of rotatable bonds is 3. The van der Waals surface area contributed by atoms with E-state index in [-0.39, 0.29) is 12.6 Å². The van der Waals surface area contributed by atoms with Crippen molar-refractivity contribution in [3.8, 4) is 0 Å². The van der Waals surface area contributed by atoms with Gasteiger partial charge >= 0.3 is 11.8 Å². The number of nitrogens with one attached hydrogen (secondary N) is 2. The van der Waals surface area contributed by atoms with Crippen LogP contribution < -0.4 is 10.6 Å². The van der Waals surface area contributed by atoms with Gasteiger partial charge < -0.3 is 20.5 Å². The summed E-state index contributed by atoms with van der Waals surface area (Å²) in [6, 6.07) is 0.129. The normalized spacial score (nSPS) is 23.0. The fourth-order valence-electron chi connectivity index (χ4n) is 2.57. The van der Waals surface area contributed by atoms with Gasteiger partial charge in [-0.1, -0.05) is 12.8 Å². The van der Waals surface area contributed by atoms with Gasteiger partial charge in [-0.2, -0.15) is 0 Å². The van der Waals surface area contributed by atoms with Gasteiger partial charge in [0.15, 0.2) is 0 Å². The molecule has 1 aliphatic heterocycles. The van der Waals surface area contributed by atoms with Crippen molar-refractivity contribution in [1.82, 2.24) is 10.6 Å². The zero-order valence-electron chi connectivity index (χ0n) is 11.1. The van der Waals surface area contributed by atoms with E-state index in [1.54, 1.807) is 0 Å². The molecule has 1 heterocycles. The molecule has 108 valence electrons. The highest BCUT2D eigenvalue weighted by Crippen LogP contribution is 2.19. The van der Waals surface area contributed by atoms with Gasteiger partial charge in [-0.3, -0.25) is 9.59 Å². The van der Waals surface area contributed by atoms with Crippen LogP contribution in [-0.4, -0.2) is 48.3 Å². The Bertz CT molecular complexity index is 334. The van der Waals surface area contributed by atoms with Gasteiger partial charge in [-0.05, 0) is 12.8 Å². The topological polar surface area (TPSA) is 87.7 Å². The standard InChI is InChI=1S/C13H22N2O4/c16-11(12(17)15-10-3-1-2-4-10)14-9-13(18)5-7-19-8-6-13/h10,18H,1-9H2,(H,14,16)(H,15,17). The first kappa shape index (κ1) is 14.3. The summed E-state index contributed by atoms with van der Waals surface area (Å²) in [6.45, 7) is 1.08. The zero-order valence-corrected chi connectivity index (χ0v) is 11.1. The van der Waals surface area contributed by atoms with Gasteiger partial charge in [0, 0.05) is 38.6 Å². The molecule has 2 fully saturated rings. The van der Waals surface area contributed by atoms with Gasteiger partial charge in [0.05, 0.1) is 5.60 Å². The van der Waals surface area contributed by atoms with E-state index in [0.717, 1.165) is 25.7 Å². The van der Waals surface area contributed by atoms with E-state index in [2.05, 4.69) is 10.6 Å². The molecule has 19 heavy (non-hydrogen) atoms. The molecule has 2 aliphatic rings. The van der Waals surface area contributed by atoms with Crippen LogP contribution in [0.3, 0.4) is 0 Å². The molecule has 6 nitrogen and oxygen atoms in total. The van der Waals surface area contributed by atoms with E-state index in [9.17, 15) is 14.7 Å². The van der Waals surface area contributed by atoms with Gasteiger partial charge in [0.25, 0.3) is 0 Å². The van der Waals surface area contributed by atoms with Crippen LogP contribution in [0.2, 0.25) is 0 Å². The summed E-state index contributed by atoms with van der Waals surface area (Å²) in [5, 5.41) is 15.4. The maximum Gasteiger partial charge on any atom is 0.309 e. The van der Waals surface area contributed by atoms with E-state index in [0.29, 0.717) is 26.1 Å². The number of hydrogen-bond acceptors (Lipinski definition) is 4. The Kier molecular flexibility index (Phi) is 4.76. The fourth-order valence-corrected chi connectivity index (χ4v) is 2.57. The molecule has 0 aromatic carbocycles. The number of hydrogen-bond donors (Lipinski definition) is 3. The summed E-state index contributed by atoms with van der Waals surface area (Å²) in [5.74, 6) is -1.26. The Morgan fingerprint density at radius 3 is 2.42 bits per heavy atom. The van der Waals surface area contributed by atoms with E-state index < -0.39 is 17.4 Å². The molecule has 1 aliphatic carbocycles. The van der Waals surface area contributed by atoms with Gasteiger partial charge in [0.2, 0.25) is 0 Å². The Morgan fingerprint density at radius 2 is 1.79 bits per heavy atom. The maximum atomic E-state index is 11.7. The number of carbonyl (C=O) groups excluding carboxylic acids is 2. The van der Waals surface area contributed by atoms with Gasteiger partial charge in [0.1, 0.15) is 0 Å². The molecular weight excluding hydrogens is 248 g/mol. The third-order valence-corrected chi connectivity index (χ3v) is 3.90. The highest BCUT2D eigenvalue weighted by molar-refractivity contribution is 6.35. The second kappa shape index (κ2) is 6.34. The molecule has 2 amide bonds. The summed E-state index contributed by atoms with van der Waals surface area (Å²) in [6.07, 6.45) is 5.06. The SMILES string of the molecule is O=C(NCC1(O)CCOCC1)C(=O)NC1CCCC1. The van der Waals surface area contributed by atoms with Crippen LogP contribution in [0.4, 0.5) is 0 Å². The Morgan fingerprint density at radius 1 is 1.16 bits per heavy atom. The molecule has 0 spiro atoms. The van der Waals surface area contributed by atoms with Crippen LogP contribution in [0, 0.1) is 0 Å². The smallest absolute Gasteiger partial charge is 0.309 e. The molecule has 6 heteroatoms. The summed E-state index contributed by atoms with van der Waals surface area (Å²) in [5.41, 5.74) is -0.943. The highest BCUT2D eigenvalue weighted by atomic mass is 16.5. The molecular formula is C13H22N2O4. The Labute approximate surface area is 112 Å². The van der Waals surface area contributed by atoms with Crippen molar-refractivity contribution in [3.05, 3.63) is 0 Å². The van der Waals surface area contributed by atoms with E-state index in [1.807, 2.05) is 0 Å². The van der Waals surface area contributed by atoms with Crippen LogP contribution in [0.5, 0.6) is 0 Å². The lowest BCUT2D eigenvalue weighted by molar-refractivity contribution is -0.140. The van der Waals surface area contributed by atoms with E-state index >= 15 is 0 Å². The van der Waals surface area contributed by atoms with E-state index in [1.165, 1.54) is 0 Å². The largest absolute Gasteiger partial charge is 0.388 e. The number of amides is 2. The molecule has 2 rings (SSSR count). The first-order valence-electron chi connectivity index (χ1n) is 6.98. The first-order valence-corrected chi connectivity index (χ1v) is 6.98. The summed E-state index contributed by atoms with van der Waals surface area (Å²) < 4.78 is 5.16. The van der Waals surface area contributed by atoms with Crippen molar-refractivity contribution in [1.29, 1.82) is 0 Å². The molecule has 1 saturated carbocycles. The van der Waals surface area contributed by atoms with Crippen LogP contribution in [0.15, 0.2) is 0 Å². The minimum atomic E-state index is -0.943. The van der Waals surface area contributed by atoms with Crippen LogP contribution in [-0.2, 0) is 14.3 Å². The molecule has 0 aromatic rings. The van der Waals surface area contributed by atoms with Crippen molar-refractivity contribution in [2.24, 2.45) is 0 Å². The van der Waals surface area contributed by atoms with Crippen molar-refractivity contribution >= 4 is 11.8 Å². The Balaban J connectivity index is 1.72. The van der Waals surface area contributed by atoms with Gasteiger partial charge in [-0.15, -0.1) is 0 Å². The quantitative estimate of drug-likeness (QED) is 0.615. The molecule has 0 aromatic heterocycles. The predicted octanol–water partition coefficient (Wildman–Crippen LogP) is -0.297. The van der Waals surface area contributed by atoms with Crippen molar-refractivity contribution in [2.75, 3.05) is 19.8 Å².